The molecular formula is C16H18N4. The van der Waals surface area contributed by atoms with Gasteiger partial charge in [-0.25, -0.2) is 4.98 Å². The molecule has 1 heterocycles. The van der Waals surface area contributed by atoms with Crippen molar-refractivity contribution in [3.8, 4) is 6.07 Å². The Bertz CT molecular complexity index is 580. The van der Waals surface area contributed by atoms with Gasteiger partial charge in [0.25, 0.3) is 0 Å². The molecule has 4 heteroatoms. The molecule has 0 radical (unpaired) electrons. The van der Waals surface area contributed by atoms with Crippen molar-refractivity contribution in [1.82, 2.24) is 14.9 Å². The van der Waals surface area contributed by atoms with E-state index >= 15 is 0 Å². The lowest BCUT2D eigenvalue weighted by molar-refractivity contribution is 0.390. The van der Waals surface area contributed by atoms with Gasteiger partial charge in [0.05, 0.1) is 18.0 Å². The Kier molecular flexibility index (Phi) is 3.80. The smallest absolute Gasteiger partial charge is 0.0991 e. The minimum absolute atomic E-state index is 0.500. The Hall–Kier alpha value is -2.12. The molecule has 1 aromatic heterocycles. The maximum atomic E-state index is 8.80. The van der Waals surface area contributed by atoms with E-state index in [0.29, 0.717) is 17.6 Å². The Morgan fingerprint density at radius 2 is 2.15 bits per heavy atom. The number of nitriles is 1. The summed E-state index contributed by atoms with van der Waals surface area (Å²) in [5.41, 5.74) is 1.94. The van der Waals surface area contributed by atoms with Crippen molar-refractivity contribution >= 4 is 0 Å². The van der Waals surface area contributed by atoms with Crippen LogP contribution in [0, 0.1) is 11.3 Å². The third-order valence-corrected chi connectivity index (χ3v) is 4.04. The van der Waals surface area contributed by atoms with E-state index in [1.807, 2.05) is 43.0 Å². The number of imidazole rings is 1. The molecule has 1 aliphatic carbocycles. The molecule has 2 unspecified atom stereocenters. The van der Waals surface area contributed by atoms with Crippen molar-refractivity contribution in [1.29, 1.82) is 5.26 Å². The van der Waals surface area contributed by atoms with Gasteiger partial charge in [0, 0.05) is 31.0 Å². The van der Waals surface area contributed by atoms with E-state index in [1.54, 1.807) is 0 Å². The zero-order valence-electron chi connectivity index (χ0n) is 11.4. The summed E-state index contributed by atoms with van der Waals surface area (Å²) >= 11 is 0. The van der Waals surface area contributed by atoms with Gasteiger partial charge in [-0.1, -0.05) is 12.1 Å². The second-order valence-electron chi connectivity index (χ2n) is 5.30. The predicted molar refractivity (Wildman–Crippen MR) is 76.9 cm³/mol. The van der Waals surface area contributed by atoms with Crippen molar-refractivity contribution in [3.63, 3.8) is 0 Å². The van der Waals surface area contributed by atoms with E-state index in [-0.39, 0.29) is 0 Å². The highest BCUT2D eigenvalue weighted by Crippen LogP contribution is 2.30. The van der Waals surface area contributed by atoms with Crippen molar-refractivity contribution in [2.45, 2.75) is 37.9 Å². The number of hydrogen-bond acceptors (Lipinski definition) is 3. The van der Waals surface area contributed by atoms with E-state index in [4.69, 9.17) is 5.26 Å². The van der Waals surface area contributed by atoms with Crippen LogP contribution >= 0.6 is 0 Å². The Balaban J connectivity index is 1.61. The van der Waals surface area contributed by atoms with Gasteiger partial charge in [-0.15, -0.1) is 0 Å². The van der Waals surface area contributed by atoms with Crippen LogP contribution in [0.25, 0.3) is 0 Å². The van der Waals surface area contributed by atoms with E-state index in [1.165, 1.54) is 24.8 Å². The van der Waals surface area contributed by atoms with Crippen LogP contribution in [0.5, 0.6) is 0 Å². The Morgan fingerprint density at radius 1 is 1.30 bits per heavy atom. The summed E-state index contributed by atoms with van der Waals surface area (Å²) in [6.07, 6.45) is 9.48. The minimum atomic E-state index is 0.500. The molecule has 4 nitrogen and oxygen atoms in total. The van der Waals surface area contributed by atoms with Crippen LogP contribution in [-0.2, 0) is 6.54 Å². The fraction of sp³-hybridized carbons (Fsp3) is 0.375. The van der Waals surface area contributed by atoms with Crippen LogP contribution in [0.4, 0.5) is 0 Å². The highest BCUT2D eigenvalue weighted by atomic mass is 15.1. The summed E-state index contributed by atoms with van der Waals surface area (Å²) in [6, 6.07) is 10.9. The van der Waals surface area contributed by atoms with Crippen LogP contribution < -0.4 is 5.32 Å². The molecule has 2 atom stereocenters. The molecule has 1 aromatic carbocycles. The molecule has 3 rings (SSSR count). The van der Waals surface area contributed by atoms with E-state index in [0.717, 1.165) is 6.54 Å². The Labute approximate surface area is 119 Å². The van der Waals surface area contributed by atoms with E-state index < -0.39 is 0 Å². The summed E-state index contributed by atoms with van der Waals surface area (Å²) in [5, 5.41) is 12.4. The maximum absolute atomic E-state index is 8.80. The number of benzene rings is 1. The molecule has 0 amide bonds. The molecule has 1 fully saturated rings. The molecule has 1 N–H and O–H groups in total. The second kappa shape index (κ2) is 5.89. The fourth-order valence-electron chi connectivity index (χ4n) is 2.95. The normalized spacial score (nSPS) is 21.8. The maximum Gasteiger partial charge on any atom is 0.0991 e. The van der Waals surface area contributed by atoms with Gasteiger partial charge >= 0.3 is 0 Å². The lowest BCUT2D eigenvalue weighted by Crippen LogP contribution is -2.33. The van der Waals surface area contributed by atoms with Gasteiger partial charge < -0.3 is 9.88 Å². The first-order valence-corrected chi connectivity index (χ1v) is 7.06. The number of aromatic nitrogens is 2. The SMILES string of the molecule is N#Cc1ccc(CNC2CCCC2n2ccnc2)cc1. The second-order valence-corrected chi connectivity index (χ2v) is 5.30. The van der Waals surface area contributed by atoms with Crippen LogP contribution in [0.3, 0.4) is 0 Å². The topological polar surface area (TPSA) is 53.6 Å². The summed E-state index contributed by atoms with van der Waals surface area (Å²) in [4.78, 5) is 4.14. The van der Waals surface area contributed by atoms with Gasteiger partial charge in [0.15, 0.2) is 0 Å². The average Bonchev–Trinajstić information content (AvgIpc) is 3.16. The zero-order chi connectivity index (χ0) is 13.8. The van der Waals surface area contributed by atoms with Crippen molar-refractivity contribution < 1.29 is 0 Å². The van der Waals surface area contributed by atoms with Gasteiger partial charge in [0.1, 0.15) is 0 Å². The molecule has 20 heavy (non-hydrogen) atoms. The van der Waals surface area contributed by atoms with Crippen molar-refractivity contribution in [3.05, 3.63) is 54.1 Å². The number of nitrogens with zero attached hydrogens (tertiary/aromatic N) is 3. The van der Waals surface area contributed by atoms with Gasteiger partial charge in [0.2, 0.25) is 0 Å². The van der Waals surface area contributed by atoms with Crippen LogP contribution in [-0.4, -0.2) is 15.6 Å². The van der Waals surface area contributed by atoms with Gasteiger partial charge in [-0.3, -0.25) is 0 Å². The quantitative estimate of drug-likeness (QED) is 0.925. The number of rotatable bonds is 4. The molecule has 0 spiro atoms. The predicted octanol–water partition coefficient (Wildman–Crippen LogP) is 2.64. The summed E-state index contributed by atoms with van der Waals surface area (Å²) in [7, 11) is 0. The average molecular weight is 266 g/mol. The first-order valence-electron chi connectivity index (χ1n) is 7.06. The number of nitrogens with one attached hydrogen (secondary N) is 1. The largest absolute Gasteiger partial charge is 0.333 e. The third-order valence-electron chi connectivity index (χ3n) is 4.04. The molecule has 102 valence electrons. The van der Waals surface area contributed by atoms with Gasteiger partial charge in [-0.2, -0.15) is 5.26 Å². The van der Waals surface area contributed by atoms with Crippen LogP contribution in [0.2, 0.25) is 0 Å². The molecule has 1 aliphatic rings. The van der Waals surface area contributed by atoms with Crippen LogP contribution in [0.15, 0.2) is 43.0 Å². The molecule has 0 aliphatic heterocycles. The fourth-order valence-corrected chi connectivity index (χ4v) is 2.95. The highest BCUT2D eigenvalue weighted by molar-refractivity contribution is 5.31. The molecule has 2 aromatic rings. The van der Waals surface area contributed by atoms with E-state index in [9.17, 15) is 0 Å². The van der Waals surface area contributed by atoms with Crippen LogP contribution in [0.1, 0.15) is 36.4 Å². The first-order chi connectivity index (χ1) is 9.86. The third kappa shape index (κ3) is 2.73. The van der Waals surface area contributed by atoms with Crippen molar-refractivity contribution in [2.24, 2.45) is 0 Å². The summed E-state index contributed by atoms with van der Waals surface area (Å²) < 4.78 is 2.21. The molecular weight excluding hydrogens is 248 g/mol. The Morgan fingerprint density at radius 3 is 2.85 bits per heavy atom. The van der Waals surface area contributed by atoms with Crippen molar-refractivity contribution in [2.75, 3.05) is 0 Å². The number of hydrogen-bond donors (Lipinski definition) is 1. The lowest BCUT2D eigenvalue weighted by atomic mass is 10.1. The lowest BCUT2D eigenvalue weighted by Gasteiger charge is -2.22. The van der Waals surface area contributed by atoms with Gasteiger partial charge in [-0.05, 0) is 37.0 Å². The summed E-state index contributed by atoms with van der Waals surface area (Å²) in [6.45, 7) is 0.849. The zero-order valence-corrected chi connectivity index (χ0v) is 11.4. The highest BCUT2D eigenvalue weighted by Gasteiger charge is 2.27. The minimum Gasteiger partial charge on any atom is -0.333 e. The van der Waals surface area contributed by atoms with E-state index in [2.05, 4.69) is 20.9 Å². The molecule has 0 bridgehead atoms. The monoisotopic (exact) mass is 266 g/mol. The summed E-state index contributed by atoms with van der Waals surface area (Å²) in [5.74, 6) is 0. The first kappa shape index (κ1) is 12.9. The standard InChI is InChI=1S/C16H18N4/c17-10-13-4-6-14(7-5-13)11-19-15-2-1-3-16(15)20-9-8-18-12-20/h4-9,12,15-16,19H,1-3,11H2. The molecule has 1 saturated carbocycles. The molecule has 0 saturated heterocycles.